The second kappa shape index (κ2) is 8.07. The van der Waals surface area contributed by atoms with E-state index in [1.165, 1.54) is 0 Å². The summed E-state index contributed by atoms with van der Waals surface area (Å²) in [4.78, 5) is 17.7. The lowest BCUT2D eigenvalue weighted by atomic mass is 10.4. The fourth-order valence-corrected chi connectivity index (χ4v) is 1.43. The van der Waals surface area contributed by atoms with Gasteiger partial charge in [-0.3, -0.25) is 14.8 Å². The minimum atomic E-state index is 0.00722. The standard InChI is InChI=1S/C6H6BrNO.C6H4BrNO/c2*7-5-1-2-6(4-9)8-3-5/h1-3,9H,4H2;1-4H. The molecule has 2 aromatic heterocycles. The van der Waals surface area contributed by atoms with Gasteiger partial charge in [0.25, 0.3) is 0 Å². The monoisotopic (exact) mass is 372 g/mol. The van der Waals surface area contributed by atoms with E-state index < -0.39 is 0 Å². The third kappa shape index (κ3) is 5.48. The molecular formula is C12H10Br2N2O2. The largest absolute Gasteiger partial charge is 0.390 e. The molecular weight excluding hydrogens is 364 g/mol. The molecule has 0 bridgehead atoms. The van der Waals surface area contributed by atoms with Gasteiger partial charge in [0.15, 0.2) is 6.29 Å². The SMILES string of the molecule is O=Cc1ccc(Br)cn1.OCc1ccc(Br)cn1. The topological polar surface area (TPSA) is 63.1 Å². The van der Waals surface area contributed by atoms with Gasteiger partial charge in [-0.1, -0.05) is 0 Å². The summed E-state index contributed by atoms with van der Waals surface area (Å²) in [5.74, 6) is 0. The van der Waals surface area contributed by atoms with E-state index in [9.17, 15) is 4.79 Å². The van der Waals surface area contributed by atoms with Crippen LogP contribution < -0.4 is 0 Å². The third-order valence-corrected chi connectivity index (χ3v) is 2.76. The number of aldehydes is 1. The minimum Gasteiger partial charge on any atom is -0.390 e. The Morgan fingerprint density at radius 1 is 1.06 bits per heavy atom. The lowest BCUT2D eigenvalue weighted by Gasteiger charge is -1.91. The number of carbonyl (C=O) groups excluding carboxylic acids is 1. The Balaban J connectivity index is 0.000000180. The highest BCUT2D eigenvalue weighted by molar-refractivity contribution is 9.10. The van der Waals surface area contributed by atoms with Crippen LogP contribution >= 0.6 is 31.9 Å². The molecule has 2 rings (SSSR count). The summed E-state index contributed by atoms with van der Waals surface area (Å²) >= 11 is 6.43. The number of hydrogen-bond acceptors (Lipinski definition) is 4. The van der Waals surface area contributed by atoms with Gasteiger partial charge in [-0.25, -0.2) is 0 Å². The first kappa shape index (κ1) is 14.9. The Hall–Kier alpha value is -1.11. The van der Waals surface area contributed by atoms with Crippen LogP contribution in [0.1, 0.15) is 16.2 Å². The minimum absolute atomic E-state index is 0.00722. The molecule has 0 aromatic carbocycles. The first-order valence-electron chi connectivity index (χ1n) is 4.93. The van der Waals surface area contributed by atoms with Crippen LogP contribution in [0.4, 0.5) is 0 Å². The van der Waals surface area contributed by atoms with E-state index in [0.29, 0.717) is 17.7 Å². The van der Waals surface area contributed by atoms with Crippen molar-refractivity contribution in [3.05, 3.63) is 57.0 Å². The predicted molar refractivity (Wildman–Crippen MR) is 75.2 cm³/mol. The Labute approximate surface area is 121 Å². The molecule has 0 fully saturated rings. The molecule has 2 aromatic rings. The Kier molecular flexibility index (Phi) is 6.70. The van der Waals surface area contributed by atoms with Crippen molar-refractivity contribution in [2.24, 2.45) is 0 Å². The summed E-state index contributed by atoms with van der Waals surface area (Å²) in [5.41, 5.74) is 1.15. The van der Waals surface area contributed by atoms with Gasteiger partial charge in [-0.2, -0.15) is 0 Å². The fourth-order valence-electron chi connectivity index (χ4n) is 0.957. The van der Waals surface area contributed by atoms with Crippen molar-refractivity contribution in [3.8, 4) is 0 Å². The van der Waals surface area contributed by atoms with Crippen molar-refractivity contribution in [2.45, 2.75) is 6.61 Å². The zero-order chi connectivity index (χ0) is 13.4. The maximum atomic E-state index is 10.0. The summed E-state index contributed by atoms with van der Waals surface area (Å²) in [6.07, 6.45) is 3.96. The maximum absolute atomic E-state index is 10.0. The lowest BCUT2D eigenvalue weighted by Crippen LogP contribution is -1.85. The molecule has 0 aliphatic carbocycles. The first-order valence-corrected chi connectivity index (χ1v) is 6.52. The van der Waals surface area contributed by atoms with Crippen molar-refractivity contribution in [3.63, 3.8) is 0 Å². The van der Waals surface area contributed by atoms with Crippen molar-refractivity contribution >= 4 is 38.1 Å². The highest BCUT2D eigenvalue weighted by Crippen LogP contribution is 2.06. The number of aliphatic hydroxyl groups excluding tert-OH is 1. The number of halogens is 2. The normalized spacial score (nSPS) is 9.28. The molecule has 0 saturated carbocycles. The Bertz CT molecular complexity index is 486. The van der Waals surface area contributed by atoms with Crippen molar-refractivity contribution < 1.29 is 9.90 Å². The van der Waals surface area contributed by atoms with E-state index in [2.05, 4.69) is 41.8 Å². The van der Waals surface area contributed by atoms with Crippen molar-refractivity contribution in [2.75, 3.05) is 0 Å². The van der Waals surface area contributed by atoms with E-state index in [1.807, 2.05) is 6.07 Å². The smallest absolute Gasteiger partial charge is 0.168 e. The van der Waals surface area contributed by atoms with Gasteiger partial charge in [0, 0.05) is 21.3 Å². The number of rotatable bonds is 2. The van der Waals surface area contributed by atoms with E-state index >= 15 is 0 Å². The Morgan fingerprint density at radius 3 is 2.06 bits per heavy atom. The summed E-state index contributed by atoms with van der Waals surface area (Å²) in [6, 6.07) is 7.04. The van der Waals surface area contributed by atoms with Crippen LogP contribution in [0, 0.1) is 0 Å². The van der Waals surface area contributed by atoms with E-state index in [-0.39, 0.29) is 6.61 Å². The molecule has 0 saturated heterocycles. The molecule has 2 heterocycles. The summed E-state index contributed by atoms with van der Waals surface area (Å²) in [6.45, 7) is 0.00722. The summed E-state index contributed by atoms with van der Waals surface area (Å²) in [5, 5.41) is 8.55. The summed E-state index contributed by atoms with van der Waals surface area (Å²) < 4.78 is 1.81. The first-order chi connectivity index (χ1) is 8.65. The average Bonchev–Trinajstić information content (AvgIpc) is 2.41. The zero-order valence-corrected chi connectivity index (χ0v) is 12.4. The van der Waals surface area contributed by atoms with Crippen LogP contribution in [0.25, 0.3) is 0 Å². The zero-order valence-electron chi connectivity index (χ0n) is 9.25. The lowest BCUT2D eigenvalue weighted by molar-refractivity contribution is 0.111. The van der Waals surface area contributed by atoms with E-state index in [4.69, 9.17) is 5.11 Å². The molecule has 0 aliphatic heterocycles. The number of aliphatic hydroxyl groups is 1. The van der Waals surface area contributed by atoms with Gasteiger partial charge < -0.3 is 5.11 Å². The molecule has 0 radical (unpaired) electrons. The molecule has 0 spiro atoms. The molecule has 0 aliphatic rings. The second-order valence-electron chi connectivity index (χ2n) is 3.15. The molecule has 0 amide bonds. The number of hydrogen-bond donors (Lipinski definition) is 1. The van der Waals surface area contributed by atoms with Crippen LogP contribution in [0.2, 0.25) is 0 Å². The van der Waals surface area contributed by atoms with E-state index in [1.54, 1.807) is 30.6 Å². The molecule has 94 valence electrons. The van der Waals surface area contributed by atoms with Crippen LogP contribution in [0.3, 0.4) is 0 Å². The average molecular weight is 374 g/mol. The number of aromatic nitrogens is 2. The van der Waals surface area contributed by atoms with Crippen molar-refractivity contribution in [1.82, 2.24) is 9.97 Å². The molecule has 18 heavy (non-hydrogen) atoms. The third-order valence-electron chi connectivity index (χ3n) is 1.82. The van der Waals surface area contributed by atoms with Crippen LogP contribution in [0.5, 0.6) is 0 Å². The van der Waals surface area contributed by atoms with Gasteiger partial charge in [-0.05, 0) is 56.1 Å². The van der Waals surface area contributed by atoms with Gasteiger partial charge in [0.2, 0.25) is 0 Å². The Morgan fingerprint density at radius 2 is 1.67 bits per heavy atom. The molecule has 6 heteroatoms. The molecule has 0 unspecified atom stereocenters. The number of pyridine rings is 2. The molecule has 1 N–H and O–H groups in total. The van der Waals surface area contributed by atoms with Gasteiger partial charge >= 0.3 is 0 Å². The van der Waals surface area contributed by atoms with Crippen molar-refractivity contribution in [1.29, 1.82) is 0 Å². The maximum Gasteiger partial charge on any atom is 0.168 e. The van der Waals surface area contributed by atoms with Gasteiger partial charge in [-0.15, -0.1) is 0 Å². The number of carbonyl (C=O) groups is 1. The highest BCUT2D eigenvalue weighted by atomic mass is 79.9. The highest BCUT2D eigenvalue weighted by Gasteiger charge is 1.89. The van der Waals surface area contributed by atoms with E-state index in [0.717, 1.165) is 8.95 Å². The van der Waals surface area contributed by atoms with Gasteiger partial charge in [0.05, 0.1) is 12.3 Å². The van der Waals surface area contributed by atoms with Crippen LogP contribution in [-0.4, -0.2) is 21.4 Å². The summed E-state index contributed by atoms with van der Waals surface area (Å²) in [7, 11) is 0. The second-order valence-corrected chi connectivity index (χ2v) is 4.98. The molecule has 4 nitrogen and oxygen atoms in total. The fraction of sp³-hybridized carbons (Fsp3) is 0.0833. The quantitative estimate of drug-likeness (QED) is 0.822. The molecule has 0 atom stereocenters. The van der Waals surface area contributed by atoms with Gasteiger partial charge in [0.1, 0.15) is 5.69 Å². The van der Waals surface area contributed by atoms with Crippen LogP contribution in [0.15, 0.2) is 45.6 Å². The van der Waals surface area contributed by atoms with Crippen LogP contribution in [-0.2, 0) is 6.61 Å². The number of nitrogens with zero attached hydrogens (tertiary/aromatic N) is 2. The predicted octanol–water partition coefficient (Wildman–Crippen LogP) is 2.99.